The van der Waals surface area contributed by atoms with Crippen LogP contribution in [-0.4, -0.2) is 15.9 Å². The molecule has 0 aliphatic carbocycles. The smallest absolute Gasteiger partial charge is 0.291 e. The van der Waals surface area contributed by atoms with Crippen LogP contribution in [0, 0.1) is 13.8 Å². The van der Waals surface area contributed by atoms with Gasteiger partial charge in [0.05, 0.1) is 12.3 Å². The van der Waals surface area contributed by atoms with Gasteiger partial charge in [-0.3, -0.25) is 9.78 Å². The van der Waals surface area contributed by atoms with E-state index in [2.05, 4.69) is 27.5 Å². The second kappa shape index (κ2) is 8.28. The van der Waals surface area contributed by atoms with Crippen LogP contribution in [0.5, 0.6) is 0 Å². The molecule has 0 bridgehead atoms. The Morgan fingerprint density at radius 2 is 2.00 bits per heavy atom. The van der Waals surface area contributed by atoms with Gasteiger partial charge in [-0.2, -0.15) is 0 Å². The second-order valence-corrected chi connectivity index (χ2v) is 7.76. The molecule has 0 spiro atoms. The Balaban J connectivity index is 1.76. The lowest BCUT2D eigenvalue weighted by Gasteiger charge is -2.22. The average Bonchev–Trinajstić information content (AvgIpc) is 3.37. The van der Waals surface area contributed by atoms with Crippen LogP contribution in [0.3, 0.4) is 0 Å². The van der Waals surface area contributed by atoms with Crippen molar-refractivity contribution in [1.82, 2.24) is 9.97 Å². The first kappa shape index (κ1) is 18.9. The molecule has 0 aliphatic heterocycles. The molecule has 4 aromatic heterocycles. The van der Waals surface area contributed by atoms with Crippen molar-refractivity contribution >= 4 is 28.1 Å². The molecule has 0 fully saturated rings. The standard InChI is InChI=1S/C22H20N4O2S/c1-14-15(2)29-22(26-21(27)17-8-6-12-28-17)19(14)20(16-7-5-10-23-13-16)25-18-9-3-4-11-24-18/h3-13,20H,1-2H3,(H,24,25)(H,26,27)/t20-/m0/s1. The van der Waals surface area contributed by atoms with Crippen molar-refractivity contribution in [3.05, 3.63) is 94.6 Å². The van der Waals surface area contributed by atoms with Gasteiger partial charge >= 0.3 is 0 Å². The van der Waals surface area contributed by atoms with E-state index < -0.39 is 0 Å². The summed E-state index contributed by atoms with van der Waals surface area (Å²) in [6.07, 6.45) is 6.80. The number of carbonyl (C=O) groups excluding carboxylic acids is 1. The number of anilines is 2. The highest BCUT2D eigenvalue weighted by atomic mass is 32.1. The normalized spacial score (nSPS) is 11.8. The fourth-order valence-electron chi connectivity index (χ4n) is 3.12. The van der Waals surface area contributed by atoms with Crippen LogP contribution < -0.4 is 10.6 Å². The van der Waals surface area contributed by atoms with Crippen LogP contribution in [-0.2, 0) is 0 Å². The molecule has 0 aromatic carbocycles. The molecule has 6 nitrogen and oxygen atoms in total. The number of pyridine rings is 2. The molecular weight excluding hydrogens is 384 g/mol. The van der Waals surface area contributed by atoms with Gasteiger partial charge in [0.15, 0.2) is 5.76 Å². The first-order chi connectivity index (χ1) is 14.1. The Hall–Kier alpha value is -3.45. The van der Waals surface area contributed by atoms with Crippen LogP contribution in [0.15, 0.2) is 71.7 Å². The zero-order valence-corrected chi connectivity index (χ0v) is 16.9. The zero-order chi connectivity index (χ0) is 20.2. The Bertz CT molecular complexity index is 1090. The lowest BCUT2D eigenvalue weighted by molar-refractivity contribution is 0.0997. The number of rotatable bonds is 6. The lowest BCUT2D eigenvalue weighted by Crippen LogP contribution is -2.17. The van der Waals surface area contributed by atoms with Gasteiger partial charge in [-0.15, -0.1) is 11.3 Å². The topological polar surface area (TPSA) is 80.0 Å². The molecule has 1 atom stereocenters. The van der Waals surface area contributed by atoms with Crippen LogP contribution in [0.1, 0.15) is 38.2 Å². The van der Waals surface area contributed by atoms with Gasteiger partial charge in [0.2, 0.25) is 0 Å². The number of aryl methyl sites for hydroxylation is 1. The summed E-state index contributed by atoms with van der Waals surface area (Å²) in [4.78, 5) is 22.4. The molecular formula is C22H20N4O2S. The second-order valence-electron chi connectivity index (χ2n) is 6.54. The maximum absolute atomic E-state index is 12.6. The molecule has 1 amide bonds. The van der Waals surface area contributed by atoms with Crippen molar-refractivity contribution in [2.24, 2.45) is 0 Å². The number of carbonyl (C=O) groups is 1. The van der Waals surface area contributed by atoms with Gasteiger partial charge in [-0.1, -0.05) is 12.1 Å². The molecule has 2 N–H and O–H groups in total. The van der Waals surface area contributed by atoms with Gasteiger partial charge < -0.3 is 15.1 Å². The molecule has 7 heteroatoms. The summed E-state index contributed by atoms with van der Waals surface area (Å²) in [5.74, 6) is 0.739. The SMILES string of the molecule is Cc1sc(NC(=O)c2ccco2)c([C@@H](Nc2ccccn2)c2cccnc2)c1C. The Morgan fingerprint density at radius 1 is 1.10 bits per heavy atom. The number of nitrogens with one attached hydrogen (secondary N) is 2. The van der Waals surface area contributed by atoms with E-state index in [1.807, 2.05) is 43.5 Å². The minimum atomic E-state index is -0.278. The van der Waals surface area contributed by atoms with Gasteiger partial charge in [0, 0.05) is 29.0 Å². The summed E-state index contributed by atoms with van der Waals surface area (Å²) in [5.41, 5.74) is 3.08. The molecule has 0 aliphatic rings. The van der Waals surface area contributed by atoms with Crippen molar-refractivity contribution in [3.63, 3.8) is 0 Å². The van der Waals surface area contributed by atoms with E-state index >= 15 is 0 Å². The fourth-order valence-corrected chi connectivity index (χ4v) is 4.22. The van der Waals surface area contributed by atoms with Crippen LogP contribution in [0.2, 0.25) is 0 Å². The summed E-state index contributed by atoms with van der Waals surface area (Å²) < 4.78 is 5.24. The number of hydrogen-bond donors (Lipinski definition) is 2. The fraction of sp³-hybridized carbons (Fsp3) is 0.136. The molecule has 0 radical (unpaired) electrons. The molecule has 29 heavy (non-hydrogen) atoms. The molecule has 4 heterocycles. The quantitative estimate of drug-likeness (QED) is 0.462. The predicted octanol–water partition coefficient (Wildman–Crippen LogP) is 5.20. The van der Waals surface area contributed by atoms with E-state index in [4.69, 9.17) is 4.42 Å². The number of amides is 1. The summed E-state index contributed by atoms with van der Waals surface area (Å²) in [6, 6.07) is 12.8. The van der Waals surface area contributed by atoms with Crippen molar-refractivity contribution in [3.8, 4) is 0 Å². The van der Waals surface area contributed by atoms with E-state index in [1.165, 1.54) is 6.26 Å². The highest BCUT2D eigenvalue weighted by molar-refractivity contribution is 7.16. The van der Waals surface area contributed by atoms with Crippen molar-refractivity contribution < 1.29 is 9.21 Å². The van der Waals surface area contributed by atoms with Crippen LogP contribution in [0.4, 0.5) is 10.8 Å². The number of furan rings is 1. The molecule has 0 saturated carbocycles. The number of hydrogen-bond acceptors (Lipinski definition) is 6. The summed E-state index contributed by atoms with van der Waals surface area (Å²) in [5, 5.41) is 7.29. The first-order valence-corrected chi connectivity index (χ1v) is 9.97. The van der Waals surface area contributed by atoms with Gasteiger partial charge in [0.25, 0.3) is 5.91 Å². The minimum absolute atomic E-state index is 0.226. The maximum atomic E-state index is 12.6. The number of aromatic nitrogens is 2. The van der Waals surface area contributed by atoms with Crippen LogP contribution in [0.25, 0.3) is 0 Å². The monoisotopic (exact) mass is 404 g/mol. The zero-order valence-electron chi connectivity index (χ0n) is 16.0. The molecule has 146 valence electrons. The van der Waals surface area contributed by atoms with Gasteiger partial charge in [0.1, 0.15) is 10.8 Å². The van der Waals surface area contributed by atoms with E-state index in [1.54, 1.807) is 35.9 Å². The first-order valence-electron chi connectivity index (χ1n) is 9.15. The predicted molar refractivity (Wildman–Crippen MR) is 114 cm³/mol. The molecule has 4 rings (SSSR count). The third kappa shape index (κ3) is 4.05. The lowest BCUT2D eigenvalue weighted by atomic mass is 9.97. The minimum Gasteiger partial charge on any atom is -0.459 e. The van der Waals surface area contributed by atoms with E-state index in [9.17, 15) is 4.79 Å². The van der Waals surface area contributed by atoms with Crippen LogP contribution >= 0.6 is 11.3 Å². The summed E-state index contributed by atoms with van der Waals surface area (Å²) in [7, 11) is 0. The van der Waals surface area contributed by atoms with Crippen molar-refractivity contribution in [1.29, 1.82) is 0 Å². The molecule has 0 saturated heterocycles. The van der Waals surface area contributed by atoms with E-state index in [0.717, 1.165) is 32.4 Å². The number of nitrogens with zero attached hydrogens (tertiary/aromatic N) is 2. The van der Waals surface area contributed by atoms with E-state index in [-0.39, 0.29) is 17.7 Å². The van der Waals surface area contributed by atoms with Gasteiger partial charge in [-0.05, 0) is 55.3 Å². The summed E-state index contributed by atoms with van der Waals surface area (Å²) >= 11 is 1.55. The number of thiophene rings is 1. The molecule has 4 aromatic rings. The van der Waals surface area contributed by atoms with Crippen molar-refractivity contribution in [2.75, 3.05) is 10.6 Å². The average molecular weight is 404 g/mol. The largest absolute Gasteiger partial charge is 0.459 e. The Morgan fingerprint density at radius 3 is 2.69 bits per heavy atom. The van der Waals surface area contributed by atoms with Crippen molar-refractivity contribution in [2.45, 2.75) is 19.9 Å². The third-order valence-electron chi connectivity index (χ3n) is 4.67. The maximum Gasteiger partial charge on any atom is 0.291 e. The Labute approximate surface area is 172 Å². The third-order valence-corrected chi connectivity index (χ3v) is 5.81. The van der Waals surface area contributed by atoms with E-state index in [0.29, 0.717) is 0 Å². The van der Waals surface area contributed by atoms with Gasteiger partial charge in [-0.25, -0.2) is 4.98 Å². The summed E-state index contributed by atoms with van der Waals surface area (Å²) in [6.45, 7) is 4.11. The highest BCUT2D eigenvalue weighted by Crippen LogP contribution is 2.40. The Kier molecular flexibility index (Phi) is 5.39. The molecule has 0 unspecified atom stereocenters. The highest BCUT2D eigenvalue weighted by Gasteiger charge is 2.25.